The van der Waals surface area contributed by atoms with E-state index in [0.717, 1.165) is 15.4 Å². The topological polar surface area (TPSA) is 181 Å². The Hall–Kier alpha value is -3.31. The van der Waals surface area contributed by atoms with E-state index in [-0.39, 0.29) is 78.2 Å². The summed E-state index contributed by atoms with van der Waals surface area (Å²) in [5.41, 5.74) is 4.61. The minimum absolute atomic E-state index is 0. The van der Waals surface area contributed by atoms with Crippen LogP contribution < -0.4 is 50.7 Å². The summed E-state index contributed by atoms with van der Waals surface area (Å²) in [6, 6.07) is 9.02. The summed E-state index contributed by atoms with van der Waals surface area (Å²) >= 11 is 13.4. The van der Waals surface area contributed by atoms with Crippen molar-refractivity contribution in [2.24, 2.45) is 0 Å². The van der Waals surface area contributed by atoms with Crippen LogP contribution >= 0.6 is 35.0 Å². The number of urea groups is 2. The number of carbonyl (C=O) groups excluding carboxylic acids is 6. The molecule has 6 rings (SSSR count). The van der Waals surface area contributed by atoms with Gasteiger partial charge in [-0.1, -0.05) is 41.4 Å². The third-order valence-electron chi connectivity index (χ3n) is 7.90. The molecule has 2 aromatic rings. The number of hydrazine groups is 1. The summed E-state index contributed by atoms with van der Waals surface area (Å²) in [7, 11) is 0. The predicted molar refractivity (Wildman–Crippen MR) is 163 cm³/mol. The third-order valence-corrected chi connectivity index (χ3v) is 9.98. The molecule has 4 heterocycles. The number of carboxylic acid groups (broad SMARTS) is 1. The number of imide groups is 1. The molecule has 3 unspecified atom stereocenters. The van der Waals surface area contributed by atoms with E-state index >= 15 is 0 Å². The predicted octanol–water partition coefficient (Wildman–Crippen LogP) is -1.60. The Kier molecular flexibility index (Phi) is 10.5. The number of ether oxygens (including phenoxy) is 1. The maximum absolute atomic E-state index is 13.1. The number of aliphatic carboxylic acids is 1. The van der Waals surface area contributed by atoms with Crippen molar-refractivity contribution in [3.8, 4) is 0 Å². The SMILES string of the molecule is CC(=O)OCC1=C(C(=O)[O-])N2C(=O)C(NC(=O)Cc3cccc(NC(=O)N4CC5C(c6ccc(Cl)c(Cl)c6)NN5C4=O)c3)[C@@H]2SC1.[Na+]. The second-order valence-corrected chi connectivity index (χ2v) is 12.8. The molecule has 0 aromatic heterocycles. The van der Waals surface area contributed by atoms with Gasteiger partial charge >= 0.3 is 47.6 Å². The van der Waals surface area contributed by atoms with E-state index in [1.165, 1.54) is 23.7 Å². The van der Waals surface area contributed by atoms with Crippen LogP contribution in [0.4, 0.5) is 15.3 Å². The fourth-order valence-electron chi connectivity index (χ4n) is 5.68. The Labute approximate surface area is 304 Å². The van der Waals surface area contributed by atoms with Crippen LogP contribution in [0.2, 0.25) is 10.0 Å². The molecule has 6 amide bonds. The van der Waals surface area contributed by atoms with Gasteiger partial charge in [0.05, 0.1) is 46.8 Å². The van der Waals surface area contributed by atoms with Crippen LogP contribution in [0.3, 0.4) is 0 Å². The molecule has 3 fully saturated rings. The average molecular weight is 712 g/mol. The van der Waals surface area contributed by atoms with Crippen molar-refractivity contribution in [2.45, 2.75) is 36.8 Å². The number of nitrogens with zero attached hydrogens (tertiary/aromatic N) is 3. The number of anilines is 1. The van der Waals surface area contributed by atoms with Crippen molar-refractivity contribution in [3.05, 3.63) is 74.9 Å². The van der Waals surface area contributed by atoms with Crippen molar-refractivity contribution in [2.75, 3.05) is 24.2 Å². The van der Waals surface area contributed by atoms with Crippen LogP contribution in [0.15, 0.2) is 53.7 Å². The number of thioether (sulfide) groups is 1. The molecule has 3 N–H and O–H groups in total. The molecule has 0 spiro atoms. The number of esters is 1. The Morgan fingerprint density at radius 2 is 1.87 bits per heavy atom. The molecule has 47 heavy (non-hydrogen) atoms. The fraction of sp³-hybridized carbons (Fsp3) is 0.310. The quantitative estimate of drug-likeness (QED) is 0.164. The monoisotopic (exact) mass is 710 g/mol. The van der Waals surface area contributed by atoms with Crippen molar-refractivity contribution in [3.63, 3.8) is 0 Å². The summed E-state index contributed by atoms with van der Waals surface area (Å²) < 4.78 is 4.90. The number of nitrogens with one attached hydrogen (secondary N) is 3. The number of benzene rings is 2. The Balaban J connectivity index is 0.00000433. The molecule has 3 saturated heterocycles. The Morgan fingerprint density at radius 3 is 2.57 bits per heavy atom. The summed E-state index contributed by atoms with van der Waals surface area (Å²) in [4.78, 5) is 76.7. The fourth-order valence-corrected chi connectivity index (χ4v) is 7.32. The van der Waals surface area contributed by atoms with Crippen LogP contribution in [0.5, 0.6) is 0 Å². The molecule has 14 nitrogen and oxygen atoms in total. The Morgan fingerprint density at radius 1 is 1.11 bits per heavy atom. The van der Waals surface area contributed by atoms with E-state index < -0.39 is 47.2 Å². The molecule has 0 saturated carbocycles. The largest absolute Gasteiger partial charge is 1.00 e. The zero-order valence-corrected chi connectivity index (χ0v) is 29.3. The number of hydrogen-bond donors (Lipinski definition) is 3. The third kappa shape index (κ3) is 6.84. The van der Waals surface area contributed by atoms with Crippen molar-refractivity contribution < 1.29 is 68.2 Å². The van der Waals surface area contributed by atoms with Crippen LogP contribution in [0.1, 0.15) is 24.1 Å². The molecule has 0 bridgehead atoms. The average Bonchev–Trinajstić information content (AvgIpc) is 3.24. The van der Waals surface area contributed by atoms with E-state index in [1.54, 1.807) is 42.5 Å². The molecule has 240 valence electrons. The zero-order chi connectivity index (χ0) is 32.9. The first-order chi connectivity index (χ1) is 21.9. The van der Waals surface area contributed by atoms with Crippen LogP contribution in [0.25, 0.3) is 0 Å². The summed E-state index contributed by atoms with van der Waals surface area (Å²) in [6.07, 6.45) is -0.139. The van der Waals surface area contributed by atoms with Gasteiger partial charge < -0.3 is 25.3 Å². The van der Waals surface area contributed by atoms with E-state index in [0.29, 0.717) is 21.3 Å². The normalized spacial score (nSPS) is 22.7. The van der Waals surface area contributed by atoms with Gasteiger partial charge in [0, 0.05) is 23.9 Å². The van der Waals surface area contributed by atoms with Gasteiger partial charge in [-0.3, -0.25) is 24.3 Å². The van der Waals surface area contributed by atoms with E-state index in [9.17, 15) is 33.9 Å². The van der Waals surface area contributed by atoms with E-state index in [4.69, 9.17) is 27.9 Å². The molecule has 0 radical (unpaired) electrons. The van der Waals surface area contributed by atoms with Crippen LogP contribution in [0, 0.1) is 0 Å². The van der Waals surface area contributed by atoms with Gasteiger partial charge in [0.1, 0.15) is 18.0 Å². The molecular formula is C29H25Cl2N6NaO8S. The molecule has 4 atom stereocenters. The minimum Gasteiger partial charge on any atom is -0.543 e. The molecule has 4 aliphatic rings. The smallest absolute Gasteiger partial charge is 0.543 e. The maximum Gasteiger partial charge on any atom is 1.00 e. The van der Waals surface area contributed by atoms with Gasteiger partial charge in [0.2, 0.25) is 5.91 Å². The van der Waals surface area contributed by atoms with Gasteiger partial charge in [-0.05, 0) is 35.4 Å². The number of amides is 6. The Bertz CT molecular complexity index is 1730. The minimum atomic E-state index is -1.58. The number of hydrogen-bond acceptors (Lipinski definition) is 10. The summed E-state index contributed by atoms with van der Waals surface area (Å²) in [6.45, 7) is 1.04. The van der Waals surface area contributed by atoms with Crippen molar-refractivity contribution >= 4 is 76.5 Å². The number of β-lactam (4-membered cyclic amide) rings is 1. The molecule has 18 heteroatoms. The van der Waals surface area contributed by atoms with Gasteiger partial charge in [0.15, 0.2) is 0 Å². The molecule has 0 aliphatic carbocycles. The summed E-state index contributed by atoms with van der Waals surface area (Å²) in [5.74, 6) is -3.12. The van der Waals surface area contributed by atoms with Crippen molar-refractivity contribution in [1.29, 1.82) is 0 Å². The van der Waals surface area contributed by atoms with E-state index in [1.807, 2.05) is 0 Å². The number of fused-ring (bicyclic) bond motifs is 2. The number of carboxylic acids is 1. The van der Waals surface area contributed by atoms with Crippen LogP contribution in [-0.4, -0.2) is 87.0 Å². The van der Waals surface area contributed by atoms with E-state index in [2.05, 4.69) is 16.1 Å². The first-order valence-electron chi connectivity index (χ1n) is 14.0. The maximum atomic E-state index is 13.1. The van der Waals surface area contributed by atoms with Crippen LogP contribution in [-0.2, 0) is 30.3 Å². The van der Waals surface area contributed by atoms with Gasteiger partial charge in [-0.15, -0.1) is 11.8 Å². The standard InChI is InChI=1S/C29H26Cl2N6O8S.Na/c1-13(38)45-11-16-12-46-26-23(25(40)36(26)24(16)27(41)42)33-21(39)8-14-3-2-4-17(7-14)32-28(43)35-10-20-22(34-37(20)29(35)44)15-5-6-18(30)19(31)9-15;/h2-7,9,20,22-23,26,34H,8,10-12H2,1H3,(H,32,43)(H,33,39)(H,41,42);/q;+1/p-1/t20?,22?,23?,26-;/m0./s1. The van der Waals surface area contributed by atoms with Gasteiger partial charge in [0.25, 0.3) is 5.91 Å². The van der Waals surface area contributed by atoms with Gasteiger partial charge in [-0.25, -0.2) is 19.9 Å². The molecular weight excluding hydrogens is 686 g/mol. The summed E-state index contributed by atoms with van der Waals surface area (Å²) in [5, 5.41) is 18.6. The second kappa shape index (κ2) is 14.0. The number of carbonyl (C=O) groups is 6. The zero-order valence-electron chi connectivity index (χ0n) is 25.0. The number of rotatable bonds is 8. The first kappa shape index (κ1) is 35.0. The molecule has 4 aliphatic heterocycles. The van der Waals surface area contributed by atoms with Crippen molar-refractivity contribution in [1.82, 2.24) is 25.6 Å². The second-order valence-electron chi connectivity index (χ2n) is 10.9. The van der Waals surface area contributed by atoms with Gasteiger partial charge in [-0.2, -0.15) is 0 Å². The molecule has 2 aromatic carbocycles. The number of halogens is 2. The first-order valence-corrected chi connectivity index (χ1v) is 15.8.